The summed E-state index contributed by atoms with van der Waals surface area (Å²) in [5.41, 5.74) is -0.510. The Morgan fingerprint density at radius 2 is 1.34 bits per heavy atom. The fraction of sp³-hybridized carbons (Fsp3) is 0.419. The van der Waals surface area contributed by atoms with Crippen LogP contribution in [0.25, 0.3) is 0 Å². The zero-order chi connectivity index (χ0) is 24.2. The Hall–Kier alpha value is -2.30. The van der Waals surface area contributed by atoms with Crippen LogP contribution in [0, 0.1) is 23.1 Å². The van der Waals surface area contributed by atoms with Crippen LogP contribution in [0.3, 0.4) is 0 Å². The molecule has 0 spiro atoms. The van der Waals surface area contributed by atoms with Gasteiger partial charge in [-0.15, -0.1) is 0 Å². The van der Waals surface area contributed by atoms with Crippen molar-refractivity contribution in [2.75, 3.05) is 0 Å². The van der Waals surface area contributed by atoms with Crippen molar-refractivity contribution in [3.8, 4) is 5.75 Å². The van der Waals surface area contributed by atoms with Crippen LogP contribution in [0.2, 0.25) is 0 Å². The molecule has 0 amide bonds. The number of rotatable bonds is 5. The molecule has 2 heterocycles. The minimum absolute atomic E-state index is 0.111. The van der Waals surface area contributed by atoms with Gasteiger partial charge in [0.15, 0.2) is 26.3 Å². The lowest BCUT2D eigenvalue weighted by Gasteiger charge is -2.43. The summed E-state index contributed by atoms with van der Waals surface area (Å²) in [4.78, 5) is 3.50. The van der Waals surface area contributed by atoms with Gasteiger partial charge in [-0.05, 0) is 73.9 Å². The average molecular weight is 490 g/mol. The third kappa shape index (κ3) is 3.99. The normalized spacial score (nSPS) is 29.5. The third-order valence-electron chi connectivity index (χ3n) is 8.49. The predicted octanol–water partition coefficient (Wildman–Crippen LogP) is 7.67. The molecule has 6 rings (SSSR count). The number of benzene rings is 3. The fourth-order valence-corrected chi connectivity index (χ4v) is 8.65. The van der Waals surface area contributed by atoms with E-state index in [0.29, 0.717) is 29.8 Å². The Kier molecular flexibility index (Phi) is 5.73. The summed E-state index contributed by atoms with van der Waals surface area (Å²) in [6.45, 7) is 6.74. The molecule has 2 nitrogen and oxygen atoms in total. The molecule has 2 saturated heterocycles. The van der Waals surface area contributed by atoms with E-state index in [0.717, 1.165) is 30.6 Å². The number of hydrogen-bond donors (Lipinski definition) is 0. The Labute approximate surface area is 211 Å². The molecule has 0 radical (unpaired) electrons. The summed E-state index contributed by atoms with van der Waals surface area (Å²) in [5, 5.41) is 0. The van der Waals surface area contributed by atoms with Crippen molar-refractivity contribution >= 4 is 10.9 Å². The van der Waals surface area contributed by atoms with Gasteiger partial charge in [0.25, 0.3) is 0 Å². The second kappa shape index (κ2) is 8.67. The minimum Gasteiger partial charge on any atom is -0.483 e. The van der Waals surface area contributed by atoms with Crippen molar-refractivity contribution in [2.45, 2.75) is 78.9 Å². The standard InChI is InChI=1S/C31H34FO2S/c1-30(2,3)31(19-24-25(20-31)28-17-16-27(24)33-28)34-29-18-23(14-15-26(29)32)35(21-10-6-4-7-11-21)22-12-8-5-9-13-22/h4-15,18,24-25,27-28H,16-17,19-20H2,1-3H3/q+1. The van der Waals surface area contributed by atoms with Crippen molar-refractivity contribution < 1.29 is 13.9 Å². The first kappa shape index (κ1) is 23.1. The van der Waals surface area contributed by atoms with E-state index < -0.39 is 5.60 Å². The number of halogens is 1. The summed E-state index contributed by atoms with van der Waals surface area (Å²) >= 11 is 0. The Balaban J connectivity index is 1.38. The van der Waals surface area contributed by atoms with E-state index in [4.69, 9.17) is 9.47 Å². The van der Waals surface area contributed by atoms with Crippen molar-refractivity contribution in [1.29, 1.82) is 0 Å². The highest BCUT2D eigenvalue weighted by Gasteiger charge is 2.62. The Morgan fingerprint density at radius 1 is 0.800 bits per heavy atom. The molecule has 4 atom stereocenters. The van der Waals surface area contributed by atoms with E-state index in [1.165, 1.54) is 9.79 Å². The van der Waals surface area contributed by atoms with Crippen molar-refractivity contribution in [2.24, 2.45) is 17.3 Å². The maximum absolute atomic E-state index is 15.4. The summed E-state index contributed by atoms with van der Waals surface area (Å²) in [5.74, 6) is 1.17. The van der Waals surface area contributed by atoms with E-state index in [1.54, 1.807) is 6.07 Å². The molecule has 0 N–H and O–H groups in total. The van der Waals surface area contributed by atoms with Crippen LogP contribution in [-0.4, -0.2) is 17.8 Å². The molecule has 4 unspecified atom stereocenters. The molecule has 0 aromatic heterocycles. The molecule has 182 valence electrons. The summed E-state index contributed by atoms with van der Waals surface area (Å²) in [6, 6.07) is 26.5. The highest BCUT2D eigenvalue weighted by molar-refractivity contribution is 7.97. The zero-order valence-corrected chi connectivity index (χ0v) is 21.6. The zero-order valence-electron chi connectivity index (χ0n) is 20.7. The molecule has 3 aromatic rings. The molecular weight excluding hydrogens is 455 g/mol. The fourth-order valence-electron chi connectivity index (χ4n) is 6.55. The quantitative estimate of drug-likeness (QED) is 0.342. The van der Waals surface area contributed by atoms with Gasteiger partial charge < -0.3 is 9.47 Å². The van der Waals surface area contributed by atoms with Crippen LogP contribution in [0.1, 0.15) is 46.5 Å². The monoisotopic (exact) mass is 489 g/mol. The second-order valence-electron chi connectivity index (χ2n) is 11.4. The van der Waals surface area contributed by atoms with Gasteiger partial charge in [0.05, 0.1) is 23.1 Å². The lowest BCUT2D eigenvalue weighted by atomic mass is 9.74. The maximum Gasteiger partial charge on any atom is 0.170 e. The predicted molar refractivity (Wildman–Crippen MR) is 138 cm³/mol. The van der Waals surface area contributed by atoms with E-state index >= 15 is 4.39 Å². The highest BCUT2D eigenvalue weighted by Crippen LogP contribution is 2.60. The number of ether oxygens (including phenoxy) is 2. The molecule has 4 heteroatoms. The molecule has 1 aliphatic carbocycles. The smallest absolute Gasteiger partial charge is 0.170 e. The van der Waals surface area contributed by atoms with Gasteiger partial charge in [0.1, 0.15) is 5.60 Å². The first-order valence-corrected chi connectivity index (χ1v) is 14.1. The van der Waals surface area contributed by atoms with Crippen LogP contribution in [0.4, 0.5) is 4.39 Å². The topological polar surface area (TPSA) is 18.5 Å². The molecule has 3 aliphatic rings. The summed E-state index contributed by atoms with van der Waals surface area (Å²) < 4.78 is 28.5. The van der Waals surface area contributed by atoms with E-state index in [9.17, 15) is 0 Å². The number of fused-ring (bicyclic) bond motifs is 5. The van der Waals surface area contributed by atoms with Gasteiger partial charge in [0, 0.05) is 11.5 Å². The van der Waals surface area contributed by atoms with Crippen LogP contribution in [0.5, 0.6) is 5.75 Å². The maximum atomic E-state index is 15.4. The molecule has 2 bridgehead atoms. The van der Waals surface area contributed by atoms with Crippen LogP contribution in [0.15, 0.2) is 93.5 Å². The van der Waals surface area contributed by atoms with Crippen LogP contribution < -0.4 is 4.74 Å². The highest BCUT2D eigenvalue weighted by atomic mass is 32.2. The first-order valence-electron chi connectivity index (χ1n) is 12.8. The van der Waals surface area contributed by atoms with Gasteiger partial charge >= 0.3 is 0 Å². The molecular formula is C31H34FO2S+. The second-order valence-corrected chi connectivity index (χ2v) is 13.4. The Bertz CT molecular complexity index is 1130. The van der Waals surface area contributed by atoms with Gasteiger partial charge in [-0.3, -0.25) is 0 Å². The molecule has 3 aromatic carbocycles. The van der Waals surface area contributed by atoms with Gasteiger partial charge in [0.2, 0.25) is 0 Å². The van der Waals surface area contributed by atoms with Crippen molar-refractivity contribution in [1.82, 2.24) is 0 Å². The molecule has 1 saturated carbocycles. The third-order valence-corrected chi connectivity index (χ3v) is 10.7. The van der Waals surface area contributed by atoms with Gasteiger partial charge in [-0.25, -0.2) is 4.39 Å². The minimum atomic E-state index is -0.398. The summed E-state index contributed by atoms with van der Waals surface area (Å²) in [6.07, 6.45) is 4.91. The van der Waals surface area contributed by atoms with E-state index in [-0.39, 0.29) is 22.1 Å². The van der Waals surface area contributed by atoms with E-state index in [2.05, 4.69) is 69.3 Å². The number of hydrogen-bond acceptors (Lipinski definition) is 2. The molecule has 35 heavy (non-hydrogen) atoms. The van der Waals surface area contributed by atoms with Crippen molar-refractivity contribution in [3.63, 3.8) is 0 Å². The largest absolute Gasteiger partial charge is 0.483 e. The molecule has 2 aliphatic heterocycles. The first-order chi connectivity index (χ1) is 16.8. The SMILES string of the molecule is CC(C)(C)C1(Oc2cc([S+](c3ccccc3)c3ccccc3)ccc2F)CC2C3CCC(O3)C2C1. The molecule has 3 fully saturated rings. The van der Waals surface area contributed by atoms with Gasteiger partial charge in [-0.1, -0.05) is 57.2 Å². The van der Waals surface area contributed by atoms with Crippen molar-refractivity contribution in [3.05, 3.63) is 84.7 Å². The van der Waals surface area contributed by atoms with Crippen LogP contribution in [-0.2, 0) is 15.6 Å². The Morgan fingerprint density at radius 3 is 1.86 bits per heavy atom. The van der Waals surface area contributed by atoms with Gasteiger partial charge in [-0.2, -0.15) is 0 Å². The average Bonchev–Trinajstić information content (AvgIpc) is 3.55. The lowest BCUT2D eigenvalue weighted by molar-refractivity contribution is -0.0515. The lowest BCUT2D eigenvalue weighted by Crippen LogP contribution is -2.47. The van der Waals surface area contributed by atoms with Crippen LogP contribution >= 0.6 is 0 Å². The summed E-state index contributed by atoms with van der Waals surface area (Å²) in [7, 11) is -0.344. The van der Waals surface area contributed by atoms with E-state index in [1.807, 2.05) is 24.3 Å².